The largest absolute Gasteiger partial charge is 0.340 e. The maximum absolute atomic E-state index is 12.2. The molecule has 3 rings (SSSR count). The van der Waals surface area contributed by atoms with Crippen LogP contribution in [0.4, 0.5) is 0 Å². The second-order valence-electron chi connectivity index (χ2n) is 4.54. The predicted octanol–water partition coefficient (Wildman–Crippen LogP) is 1.28. The van der Waals surface area contributed by atoms with E-state index in [0.717, 1.165) is 32.6 Å². The van der Waals surface area contributed by atoms with Gasteiger partial charge < -0.3 is 10.2 Å². The van der Waals surface area contributed by atoms with Crippen molar-refractivity contribution in [2.75, 3.05) is 26.2 Å². The van der Waals surface area contributed by atoms with E-state index in [1.54, 1.807) is 11.3 Å². The molecule has 4 heteroatoms. The van der Waals surface area contributed by atoms with Gasteiger partial charge in [0.1, 0.15) is 0 Å². The molecule has 1 saturated carbocycles. The van der Waals surface area contributed by atoms with Gasteiger partial charge in [-0.05, 0) is 17.9 Å². The summed E-state index contributed by atoms with van der Waals surface area (Å²) in [7, 11) is 0. The monoisotopic (exact) mass is 236 g/mol. The van der Waals surface area contributed by atoms with E-state index >= 15 is 0 Å². The number of nitrogens with zero attached hydrogens (tertiary/aromatic N) is 1. The van der Waals surface area contributed by atoms with Crippen molar-refractivity contribution in [3.8, 4) is 0 Å². The number of hydrogen-bond donors (Lipinski definition) is 1. The summed E-state index contributed by atoms with van der Waals surface area (Å²) < 4.78 is 0. The molecule has 86 valence electrons. The van der Waals surface area contributed by atoms with Crippen LogP contribution in [0.5, 0.6) is 0 Å². The maximum Gasteiger partial charge on any atom is 0.226 e. The zero-order valence-electron chi connectivity index (χ0n) is 9.19. The Labute approximate surface area is 99.5 Å². The standard InChI is InChI=1S/C12H16N2OS/c15-12(14-5-3-13-4-6-14)10-8-9(10)11-2-1-7-16-11/h1-2,7,9-10,13H,3-6,8H2/t9-,10+/m1/s1. The molecule has 2 atom stereocenters. The smallest absolute Gasteiger partial charge is 0.226 e. The summed E-state index contributed by atoms with van der Waals surface area (Å²) in [5.74, 6) is 1.17. The van der Waals surface area contributed by atoms with Gasteiger partial charge in [0, 0.05) is 42.9 Å². The number of carbonyl (C=O) groups is 1. The third-order valence-corrected chi connectivity index (χ3v) is 4.45. The number of piperazine rings is 1. The van der Waals surface area contributed by atoms with Gasteiger partial charge in [-0.1, -0.05) is 6.07 Å². The van der Waals surface area contributed by atoms with E-state index in [1.165, 1.54) is 4.88 Å². The van der Waals surface area contributed by atoms with Gasteiger partial charge in [-0.2, -0.15) is 0 Å². The summed E-state index contributed by atoms with van der Waals surface area (Å²) in [6.07, 6.45) is 1.06. The fourth-order valence-electron chi connectivity index (χ4n) is 2.40. The third-order valence-electron chi connectivity index (χ3n) is 3.44. The highest BCUT2D eigenvalue weighted by atomic mass is 32.1. The number of rotatable bonds is 2. The van der Waals surface area contributed by atoms with Crippen LogP contribution in [0.15, 0.2) is 17.5 Å². The number of thiophene rings is 1. The van der Waals surface area contributed by atoms with Crippen LogP contribution in [0.3, 0.4) is 0 Å². The number of amides is 1. The van der Waals surface area contributed by atoms with Crippen LogP contribution < -0.4 is 5.32 Å². The molecular weight excluding hydrogens is 220 g/mol. The molecule has 0 aromatic carbocycles. The minimum atomic E-state index is 0.275. The summed E-state index contributed by atoms with van der Waals surface area (Å²) in [6.45, 7) is 3.66. The van der Waals surface area contributed by atoms with Crippen LogP contribution in [0.25, 0.3) is 0 Å². The molecule has 3 nitrogen and oxygen atoms in total. The zero-order valence-corrected chi connectivity index (χ0v) is 10.0. The SMILES string of the molecule is O=C([C@H]1C[C@H]1c1cccs1)N1CCNCC1. The molecular formula is C12H16N2OS. The number of nitrogens with one attached hydrogen (secondary N) is 1. The molecule has 0 spiro atoms. The first-order chi connectivity index (χ1) is 7.86. The third kappa shape index (κ3) is 1.87. The van der Waals surface area contributed by atoms with Gasteiger partial charge in [0.25, 0.3) is 0 Å². The minimum absolute atomic E-state index is 0.275. The summed E-state index contributed by atoms with van der Waals surface area (Å²) >= 11 is 1.78. The Balaban J connectivity index is 1.61. The summed E-state index contributed by atoms with van der Waals surface area (Å²) in [5.41, 5.74) is 0. The average Bonchev–Trinajstić information content (AvgIpc) is 2.95. The van der Waals surface area contributed by atoms with Crippen molar-refractivity contribution in [3.05, 3.63) is 22.4 Å². The predicted molar refractivity (Wildman–Crippen MR) is 64.6 cm³/mol. The highest BCUT2D eigenvalue weighted by Crippen LogP contribution is 2.49. The lowest BCUT2D eigenvalue weighted by Crippen LogP contribution is -2.47. The maximum atomic E-state index is 12.2. The van der Waals surface area contributed by atoms with Gasteiger partial charge in [0.2, 0.25) is 5.91 Å². The van der Waals surface area contributed by atoms with E-state index in [4.69, 9.17) is 0 Å². The van der Waals surface area contributed by atoms with Crippen molar-refractivity contribution in [2.24, 2.45) is 5.92 Å². The Hall–Kier alpha value is -0.870. The van der Waals surface area contributed by atoms with Crippen molar-refractivity contribution in [1.82, 2.24) is 10.2 Å². The van der Waals surface area contributed by atoms with Crippen LogP contribution in [-0.4, -0.2) is 37.0 Å². The van der Waals surface area contributed by atoms with E-state index < -0.39 is 0 Å². The summed E-state index contributed by atoms with van der Waals surface area (Å²) in [6, 6.07) is 4.23. The van der Waals surface area contributed by atoms with Crippen LogP contribution in [-0.2, 0) is 4.79 Å². The summed E-state index contributed by atoms with van der Waals surface area (Å²) in [4.78, 5) is 15.6. The highest BCUT2D eigenvalue weighted by molar-refractivity contribution is 7.10. The first-order valence-corrected chi connectivity index (χ1v) is 6.77. The van der Waals surface area contributed by atoms with Gasteiger partial charge in [-0.25, -0.2) is 0 Å². The number of carbonyl (C=O) groups excluding carboxylic acids is 1. The van der Waals surface area contributed by atoms with Crippen LogP contribution in [0, 0.1) is 5.92 Å². The van der Waals surface area contributed by atoms with Gasteiger partial charge in [-0.15, -0.1) is 11.3 Å². The molecule has 1 aromatic heterocycles. The lowest BCUT2D eigenvalue weighted by atomic mass is 10.2. The summed E-state index contributed by atoms with van der Waals surface area (Å²) in [5, 5.41) is 5.37. The van der Waals surface area contributed by atoms with Crippen LogP contribution >= 0.6 is 11.3 Å². The molecule has 0 radical (unpaired) electrons. The van der Waals surface area contributed by atoms with Crippen molar-refractivity contribution >= 4 is 17.2 Å². The van der Waals surface area contributed by atoms with Crippen molar-refractivity contribution < 1.29 is 4.79 Å². The second kappa shape index (κ2) is 4.18. The van der Waals surface area contributed by atoms with Gasteiger partial charge in [0.15, 0.2) is 0 Å². The lowest BCUT2D eigenvalue weighted by molar-refractivity contribution is -0.133. The molecule has 2 fully saturated rings. The minimum Gasteiger partial charge on any atom is -0.340 e. The van der Waals surface area contributed by atoms with Gasteiger partial charge in [0.05, 0.1) is 0 Å². The van der Waals surface area contributed by atoms with Gasteiger partial charge in [-0.3, -0.25) is 4.79 Å². The molecule has 1 amide bonds. The van der Waals surface area contributed by atoms with E-state index in [0.29, 0.717) is 11.8 Å². The molecule has 1 saturated heterocycles. The topological polar surface area (TPSA) is 32.3 Å². The van der Waals surface area contributed by atoms with Crippen molar-refractivity contribution in [1.29, 1.82) is 0 Å². The molecule has 1 aromatic rings. The Morgan fingerprint density at radius 2 is 2.25 bits per heavy atom. The Morgan fingerprint density at radius 3 is 2.94 bits per heavy atom. The molecule has 1 aliphatic carbocycles. The first kappa shape index (κ1) is 10.3. The second-order valence-corrected chi connectivity index (χ2v) is 5.52. The zero-order chi connectivity index (χ0) is 11.0. The molecule has 2 heterocycles. The van der Waals surface area contributed by atoms with Crippen molar-refractivity contribution in [3.63, 3.8) is 0 Å². The lowest BCUT2D eigenvalue weighted by Gasteiger charge is -2.27. The van der Waals surface area contributed by atoms with Gasteiger partial charge >= 0.3 is 0 Å². The van der Waals surface area contributed by atoms with Crippen molar-refractivity contribution in [2.45, 2.75) is 12.3 Å². The molecule has 0 unspecified atom stereocenters. The van der Waals surface area contributed by atoms with E-state index in [2.05, 4.69) is 22.8 Å². The highest BCUT2D eigenvalue weighted by Gasteiger charge is 2.46. The Kier molecular flexibility index (Phi) is 2.69. The first-order valence-electron chi connectivity index (χ1n) is 5.89. The molecule has 1 aliphatic heterocycles. The molecule has 1 N–H and O–H groups in total. The average molecular weight is 236 g/mol. The quantitative estimate of drug-likeness (QED) is 0.839. The molecule has 0 bridgehead atoms. The fraction of sp³-hybridized carbons (Fsp3) is 0.583. The fourth-order valence-corrected chi connectivity index (χ4v) is 3.31. The van der Waals surface area contributed by atoms with Crippen LogP contribution in [0.2, 0.25) is 0 Å². The normalized spacial score (nSPS) is 29.1. The Bertz CT molecular complexity index is 370. The van der Waals surface area contributed by atoms with E-state index in [1.807, 2.05) is 4.90 Å². The van der Waals surface area contributed by atoms with E-state index in [-0.39, 0.29) is 5.92 Å². The number of hydrogen-bond acceptors (Lipinski definition) is 3. The Morgan fingerprint density at radius 1 is 1.44 bits per heavy atom. The van der Waals surface area contributed by atoms with E-state index in [9.17, 15) is 4.79 Å². The molecule has 16 heavy (non-hydrogen) atoms. The molecule has 2 aliphatic rings. The van der Waals surface area contributed by atoms with Crippen LogP contribution in [0.1, 0.15) is 17.2 Å².